The number of thiocarbonyl (C=S) groups is 1. The summed E-state index contributed by atoms with van der Waals surface area (Å²) in [6.07, 6.45) is 3.41. The summed E-state index contributed by atoms with van der Waals surface area (Å²) in [7, 11) is 0. The molecule has 1 saturated heterocycles. The van der Waals surface area contributed by atoms with Crippen LogP contribution in [0.2, 0.25) is 0 Å². The summed E-state index contributed by atoms with van der Waals surface area (Å²) in [6.45, 7) is 4.38. The lowest BCUT2D eigenvalue weighted by atomic mass is 9.80. The Morgan fingerprint density at radius 3 is 2.55 bits per heavy atom. The highest BCUT2D eigenvalue weighted by atomic mass is 32.2. The van der Waals surface area contributed by atoms with Crippen molar-refractivity contribution < 1.29 is 4.18 Å². The molecular formula is C8H14OS2. The first-order valence-corrected chi connectivity index (χ1v) is 5.41. The fourth-order valence-electron chi connectivity index (χ4n) is 1.41. The fraction of sp³-hybridized carbons (Fsp3) is 0.875. The van der Waals surface area contributed by atoms with Gasteiger partial charge in [-0.15, -0.1) is 0 Å². The molecule has 0 aromatic rings. The molecule has 0 bridgehead atoms. The van der Waals surface area contributed by atoms with Gasteiger partial charge in [0.05, 0.1) is 12.0 Å². The normalized spacial score (nSPS) is 22.9. The molecule has 0 aromatic heterocycles. The van der Waals surface area contributed by atoms with Gasteiger partial charge >= 0.3 is 0 Å². The Labute approximate surface area is 78.1 Å². The number of rotatable bonds is 2. The van der Waals surface area contributed by atoms with E-state index in [1.165, 1.54) is 18.5 Å². The summed E-state index contributed by atoms with van der Waals surface area (Å²) in [5, 5.41) is 0.818. The van der Waals surface area contributed by atoms with Gasteiger partial charge in [0.1, 0.15) is 0 Å². The minimum Gasteiger partial charge on any atom is -0.418 e. The Morgan fingerprint density at radius 2 is 2.18 bits per heavy atom. The van der Waals surface area contributed by atoms with E-state index in [0.717, 1.165) is 23.6 Å². The zero-order valence-electron chi connectivity index (χ0n) is 7.05. The van der Waals surface area contributed by atoms with Crippen molar-refractivity contribution in [3.8, 4) is 0 Å². The van der Waals surface area contributed by atoms with E-state index in [-0.39, 0.29) is 5.41 Å². The molecule has 11 heavy (non-hydrogen) atoms. The molecule has 0 unspecified atom stereocenters. The molecule has 0 atom stereocenters. The molecule has 1 nitrogen and oxygen atoms in total. The molecular weight excluding hydrogens is 176 g/mol. The second kappa shape index (κ2) is 3.76. The van der Waals surface area contributed by atoms with Crippen LogP contribution < -0.4 is 0 Å². The van der Waals surface area contributed by atoms with Crippen molar-refractivity contribution in [2.75, 3.05) is 5.75 Å². The summed E-state index contributed by atoms with van der Waals surface area (Å²) in [5.41, 5.74) is 0.209. The van der Waals surface area contributed by atoms with Gasteiger partial charge in [0.2, 0.25) is 0 Å². The van der Waals surface area contributed by atoms with Gasteiger partial charge in [-0.2, -0.15) is 0 Å². The van der Waals surface area contributed by atoms with Gasteiger partial charge in [0.25, 0.3) is 0 Å². The minimum absolute atomic E-state index is 0.209. The van der Waals surface area contributed by atoms with Crippen molar-refractivity contribution in [1.82, 2.24) is 0 Å². The van der Waals surface area contributed by atoms with E-state index >= 15 is 0 Å². The number of hydrogen-bond donors (Lipinski definition) is 0. The van der Waals surface area contributed by atoms with Crippen LogP contribution in [0.1, 0.15) is 33.1 Å². The van der Waals surface area contributed by atoms with Crippen LogP contribution in [0.5, 0.6) is 0 Å². The quantitative estimate of drug-likeness (QED) is 0.489. The third-order valence-electron chi connectivity index (χ3n) is 2.59. The van der Waals surface area contributed by atoms with Gasteiger partial charge in [-0.1, -0.05) is 13.8 Å². The highest BCUT2D eigenvalue weighted by Crippen LogP contribution is 2.39. The van der Waals surface area contributed by atoms with Crippen LogP contribution in [0, 0.1) is 5.41 Å². The first-order chi connectivity index (χ1) is 5.25. The Balaban J connectivity index is 2.69. The average molecular weight is 190 g/mol. The van der Waals surface area contributed by atoms with Crippen LogP contribution in [0.3, 0.4) is 0 Å². The van der Waals surface area contributed by atoms with E-state index in [2.05, 4.69) is 13.8 Å². The Bertz CT molecular complexity index is 152. The van der Waals surface area contributed by atoms with Gasteiger partial charge in [-0.05, 0) is 31.5 Å². The predicted octanol–water partition coefficient (Wildman–Crippen LogP) is 3.19. The maximum absolute atomic E-state index is 5.32. The van der Waals surface area contributed by atoms with Gasteiger partial charge in [0, 0.05) is 11.2 Å². The lowest BCUT2D eigenvalue weighted by Crippen LogP contribution is -2.33. The molecule has 0 spiro atoms. The highest BCUT2D eigenvalue weighted by molar-refractivity contribution is 7.96. The summed E-state index contributed by atoms with van der Waals surface area (Å²) < 4.78 is 5.32. The second-order valence-corrected chi connectivity index (χ2v) is 4.11. The van der Waals surface area contributed by atoms with Gasteiger partial charge < -0.3 is 4.18 Å². The van der Waals surface area contributed by atoms with E-state index in [1.807, 2.05) is 0 Å². The molecule has 1 rings (SSSR count). The minimum atomic E-state index is 0.209. The first kappa shape index (κ1) is 9.33. The zero-order valence-corrected chi connectivity index (χ0v) is 8.69. The van der Waals surface area contributed by atoms with Crippen molar-refractivity contribution in [2.24, 2.45) is 5.41 Å². The van der Waals surface area contributed by atoms with E-state index in [4.69, 9.17) is 16.4 Å². The molecule has 1 aliphatic heterocycles. The SMILES string of the molecule is CCC1(CC)CCSOC1=S. The fourth-order valence-corrected chi connectivity index (χ4v) is 2.79. The van der Waals surface area contributed by atoms with Crippen LogP contribution in [-0.2, 0) is 4.18 Å². The highest BCUT2D eigenvalue weighted by Gasteiger charge is 2.35. The zero-order chi connectivity index (χ0) is 8.32. The largest absolute Gasteiger partial charge is 0.418 e. The van der Waals surface area contributed by atoms with E-state index in [9.17, 15) is 0 Å². The van der Waals surface area contributed by atoms with Crippen molar-refractivity contribution >= 4 is 29.3 Å². The predicted molar refractivity (Wildman–Crippen MR) is 53.8 cm³/mol. The molecule has 0 radical (unpaired) electrons. The second-order valence-electron chi connectivity index (χ2n) is 2.93. The van der Waals surface area contributed by atoms with Crippen molar-refractivity contribution in [3.05, 3.63) is 0 Å². The third kappa shape index (κ3) is 1.70. The lowest BCUT2D eigenvalue weighted by molar-refractivity contribution is 0.324. The van der Waals surface area contributed by atoms with Crippen molar-refractivity contribution in [2.45, 2.75) is 33.1 Å². The van der Waals surface area contributed by atoms with Gasteiger partial charge in [0.15, 0.2) is 5.05 Å². The molecule has 0 saturated carbocycles. The van der Waals surface area contributed by atoms with Crippen LogP contribution in [0.25, 0.3) is 0 Å². The van der Waals surface area contributed by atoms with E-state index < -0.39 is 0 Å². The Kier molecular flexibility index (Phi) is 3.19. The molecule has 0 aliphatic carbocycles. The molecule has 0 aromatic carbocycles. The average Bonchev–Trinajstić information content (AvgIpc) is 2.06. The summed E-state index contributed by atoms with van der Waals surface area (Å²) in [5.74, 6) is 1.09. The maximum atomic E-state index is 5.32. The van der Waals surface area contributed by atoms with E-state index in [1.54, 1.807) is 0 Å². The van der Waals surface area contributed by atoms with Crippen LogP contribution in [0.4, 0.5) is 0 Å². The molecule has 0 N–H and O–H groups in total. The Morgan fingerprint density at radius 1 is 1.55 bits per heavy atom. The maximum Gasteiger partial charge on any atom is 0.183 e. The van der Waals surface area contributed by atoms with Crippen molar-refractivity contribution in [1.29, 1.82) is 0 Å². The topological polar surface area (TPSA) is 9.23 Å². The first-order valence-electron chi connectivity index (χ1n) is 4.09. The van der Waals surface area contributed by atoms with Crippen LogP contribution in [0.15, 0.2) is 0 Å². The molecule has 1 heterocycles. The Hall–Kier alpha value is 0.240. The molecule has 3 heteroatoms. The van der Waals surface area contributed by atoms with Crippen molar-refractivity contribution in [3.63, 3.8) is 0 Å². The standard InChI is InChI=1S/C8H14OS2/c1-3-8(4-2)5-6-11-9-7(8)10/h3-6H2,1-2H3. The van der Waals surface area contributed by atoms with Crippen LogP contribution >= 0.6 is 24.3 Å². The lowest BCUT2D eigenvalue weighted by Gasteiger charge is -2.34. The molecule has 0 amide bonds. The van der Waals surface area contributed by atoms with Gasteiger partial charge in [-0.3, -0.25) is 0 Å². The molecule has 1 aliphatic rings. The third-order valence-corrected chi connectivity index (χ3v) is 3.86. The van der Waals surface area contributed by atoms with E-state index in [0.29, 0.717) is 0 Å². The summed E-state index contributed by atoms with van der Waals surface area (Å²) in [6, 6.07) is 0. The number of hydrogen-bond acceptors (Lipinski definition) is 3. The van der Waals surface area contributed by atoms with Gasteiger partial charge in [-0.25, -0.2) is 0 Å². The molecule has 64 valence electrons. The summed E-state index contributed by atoms with van der Waals surface area (Å²) in [4.78, 5) is 0. The molecule has 1 fully saturated rings. The summed E-state index contributed by atoms with van der Waals surface area (Å²) >= 11 is 6.69. The smallest absolute Gasteiger partial charge is 0.183 e. The van der Waals surface area contributed by atoms with Crippen LogP contribution in [-0.4, -0.2) is 10.8 Å². The monoisotopic (exact) mass is 190 g/mol.